The standard InChI is InChI=1S/C19H15Cl2NO3/c1-11-15(7-5-12-6-8-16-17(9-12)24-10-23-16)25-22-19(11)18-13(20)3-2-4-14(18)21/h2-4,6,8-9H,5,7,10H2,1H3. The van der Waals surface area contributed by atoms with Gasteiger partial charge in [-0.2, -0.15) is 0 Å². The second-order valence-electron chi connectivity index (χ2n) is 5.86. The van der Waals surface area contributed by atoms with Gasteiger partial charge in [0.05, 0.1) is 10.0 Å². The van der Waals surface area contributed by atoms with Crippen LogP contribution in [0.15, 0.2) is 40.9 Å². The summed E-state index contributed by atoms with van der Waals surface area (Å²) in [5.74, 6) is 2.40. The lowest BCUT2D eigenvalue weighted by Gasteiger charge is -2.04. The van der Waals surface area contributed by atoms with E-state index in [0.29, 0.717) is 21.3 Å². The van der Waals surface area contributed by atoms with E-state index in [2.05, 4.69) is 5.16 Å². The maximum atomic E-state index is 6.28. The van der Waals surface area contributed by atoms with Crippen LogP contribution >= 0.6 is 23.2 Å². The fourth-order valence-electron chi connectivity index (χ4n) is 2.91. The number of aryl methyl sites for hydroxylation is 2. The topological polar surface area (TPSA) is 44.5 Å². The number of fused-ring (bicyclic) bond motifs is 1. The summed E-state index contributed by atoms with van der Waals surface area (Å²) in [5, 5.41) is 5.31. The molecule has 0 N–H and O–H groups in total. The molecule has 2 aromatic carbocycles. The molecule has 0 radical (unpaired) electrons. The van der Waals surface area contributed by atoms with Crippen LogP contribution in [-0.4, -0.2) is 11.9 Å². The molecule has 0 aliphatic carbocycles. The Morgan fingerprint density at radius 3 is 2.56 bits per heavy atom. The first-order chi connectivity index (χ1) is 12.1. The van der Waals surface area contributed by atoms with Crippen LogP contribution in [0.25, 0.3) is 11.3 Å². The molecule has 4 nitrogen and oxygen atoms in total. The molecular formula is C19H15Cl2NO3. The lowest BCUT2D eigenvalue weighted by atomic mass is 10.0. The Kier molecular flexibility index (Phi) is 4.32. The van der Waals surface area contributed by atoms with Crippen LogP contribution in [0.5, 0.6) is 11.5 Å². The van der Waals surface area contributed by atoms with Crippen molar-refractivity contribution in [1.29, 1.82) is 0 Å². The molecule has 6 heteroatoms. The summed E-state index contributed by atoms with van der Waals surface area (Å²) in [4.78, 5) is 0. The third kappa shape index (κ3) is 3.08. The summed E-state index contributed by atoms with van der Waals surface area (Å²) in [7, 11) is 0. The molecular weight excluding hydrogens is 361 g/mol. The number of benzene rings is 2. The van der Waals surface area contributed by atoms with E-state index in [4.69, 9.17) is 37.2 Å². The first-order valence-electron chi connectivity index (χ1n) is 7.91. The van der Waals surface area contributed by atoms with Crippen LogP contribution in [0.2, 0.25) is 10.0 Å². The molecule has 0 atom stereocenters. The zero-order valence-electron chi connectivity index (χ0n) is 13.5. The van der Waals surface area contributed by atoms with Crippen LogP contribution in [0.1, 0.15) is 16.9 Å². The smallest absolute Gasteiger partial charge is 0.231 e. The normalized spacial score (nSPS) is 12.6. The van der Waals surface area contributed by atoms with E-state index in [1.807, 2.05) is 31.2 Å². The Morgan fingerprint density at radius 2 is 1.76 bits per heavy atom. The fourth-order valence-corrected chi connectivity index (χ4v) is 3.49. The number of halogens is 2. The lowest BCUT2D eigenvalue weighted by molar-refractivity contribution is 0.174. The van der Waals surface area contributed by atoms with E-state index in [-0.39, 0.29) is 6.79 Å². The van der Waals surface area contributed by atoms with E-state index in [9.17, 15) is 0 Å². The molecule has 25 heavy (non-hydrogen) atoms. The average Bonchev–Trinajstić information content (AvgIpc) is 3.20. The Bertz CT molecular complexity index is 916. The first-order valence-corrected chi connectivity index (χ1v) is 8.67. The van der Waals surface area contributed by atoms with Gasteiger partial charge < -0.3 is 14.0 Å². The molecule has 128 valence electrons. The summed E-state index contributed by atoms with van der Waals surface area (Å²) in [5.41, 5.74) is 3.51. The van der Waals surface area contributed by atoms with Gasteiger partial charge >= 0.3 is 0 Å². The van der Waals surface area contributed by atoms with Crippen molar-refractivity contribution in [3.63, 3.8) is 0 Å². The minimum atomic E-state index is 0.280. The summed E-state index contributed by atoms with van der Waals surface area (Å²) < 4.78 is 16.3. The average molecular weight is 376 g/mol. The first kappa shape index (κ1) is 16.3. The zero-order chi connectivity index (χ0) is 17.4. The molecule has 2 heterocycles. The zero-order valence-corrected chi connectivity index (χ0v) is 15.0. The number of ether oxygens (including phenoxy) is 2. The maximum Gasteiger partial charge on any atom is 0.231 e. The minimum Gasteiger partial charge on any atom is -0.454 e. The second-order valence-corrected chi connectivity index (χ2v) is 6.68. The molecule has 0 bridgehead atoms. The Balaban J connectivity index is 1.56. The van der Waals surface area contributed by atoms with Crippen LogP contribution in [-0.2, 0) is 12.8 Å². The Morgan fingerprint density at radius 1 is 1.00 bits per heavy atom. The lowest BCUT2D eigenvalue weighted by Crippen LogP contribution is -1.93. The number of hydrogen-bond acceptors (Lipinski definition) is 4. The molecule has 1 aliphatic heterocycles. The third-order valence-corrected chi connectivity index (χ3v) is 4.93. The van der Waals surface area contributed by atoms with Gasteiger partial charge in [-0.15, -0.1) is 0 Å². The minimum absolute atomic E-state index is 0.280. The van der Waals surface area contributed by atoms with Gasteiger partial charge in [0.1, 0.15) is 11.5 Å². The Hall–Kier alpha value is -2.17. The highest BCUT2D eigenvalue weighted by Crippen LogP contribution is 2.37. The third-order valence-electron chi connectivity index (χ3n) is 4.30. The van der Waals surface area contributed by atoms with Crippen molar-refractivity contribution < 1.29 is 14.0 Å². The molecule has 1 aliphatic rings. The number of rotatable bonds is 4. The van der Waals surface area contributed by atoms with Gasteiger partial charge in [-0.1, -0.05) is 40.5 Å². The fraction of sp³-hybridized carbons (Fsp3) is 0.211. The summed E-state index contributed by atoms with van der Waals surface area (Å²) in [6.45, 7) is 2.25. The summed E-state index contributed by atoms with van der Waals surface area (Å²) in [6, 6.07) is 11.4. The van der Waals surface area contributed by atoms with Gasteiger partial charge in [0.25, 0.3) is 0 Å². The van der Waals surface area contributed by atoms with Gasteiger partial charge in [0, 0.05) is 17.5 Å². The van der Waals surface area contributed by atoms with Crippen molar-refractivity contribution in [2.45, 2.75) is 19.8 Å². The van der Waals surface area contributed by atoms with Gasteiger partial charge in [0.15, 0.2) is 11.5 Å². The van der Waals surface area contributed by atoms with Gasteiger partial charge in [-0.3, -0.25) is 0 Å². The van der Waals surface area contributed by atoms with Crippen molar-refractivity contribution in [2.75, 3.05) is 6.79 Å². The van der Waals surface area contributed by atoms with Crippen LogP contribution < -0.4 is 9.47 Å². The summed E-state index contributed by atoms with van der Waals surface area (Å²) in [6.07, 6.45) is 1.53. The highest BCUT2D eigenvalue weighted by Gasteiger charge is 2.19. The van der Waals surface area contributed by atoms with Crippen molar-refractivity contribution in [2.24, 2.45) is 0 Å². The SMILES string of the molecule is Cc1c(-c2c(Cl)cccc2Cl)noc1CCc1ccc2c(c1)OCO2. The van der Waals surface area contributed by atoms with E-state index >= 15 is 0 Å². The van der Waals surface area contributed by atoms with E-state index in [1.54, 1.807) is 12.1 Å². The highest BCUT2D eigenvalue weighted by molar-refractivity contribution is 6.39. The molecule has 0 saturated heterocycles. The van der Waals surface area contributed by atoms with Crippen LogP contribution in [0, 0.1) is 6.92 Å². The predicted octanol–water partition coefficient (Wildman–Crippen LogP) is 5.47. The number of nitrogens with zero attached hydrogens (tertiary/aromatic N) is 1. The number of aromatic nitrogens is 1. The molecule has 0 unspecified atom stereocenters. The molecule has 0 amide bonds. The van der Waals surface area contributed by atoms with Crippen LogP contribution in [0.4, 0.5) is 0 Å². The quantitative estimate of drug-likeness (QED) is 0.606. The monoisotopic (exact) mass is 375 g/mol. The summed E-state index contributed by atoms with van der Waals surface area (Å²) >= 11 is 12.6. The van der Waals surface area contributed by atoms with E-state index in [0.717, 1.165) is 41.2 Å². The molecule has 3 aromatic rings. The second kappa shape index (κ2) is 6.62. The van der Waals surface area contributed by atoms with Crippen molar-refractivity contribution in [3.05, 3.63) is 63.3 Å². The number of hydrogen-bond donors (Lipinski definition) is 0. The highest BCUT2D eigenvalue weighted by atomic mass is 35.5. The maximum absolute atomic E-state index is 6.28. The Labute approximate surface area is 155 Å². The van der Waals surface area contributed by atoms with E-state index in [1.165, 1.54) is 0 Å². The molecule has 0 saturated carbocycles. The molecule has 4 rings (SSSR count). The van der Waals surface area contributed by atoms with Gasteiger partial charge in [-0.05, 0) is 43.2 Å². The van der Waals surface area contributed by atoms with Crippen LogP contribution in [0.3, 0.4) is 0 Å². The largest absolute Gasteiger partial charge is 0.454 e. The van der Waals surface area contributed by atoms with Crippen molar-refractivity contribution in [1.82, 2.24) is 5.16 Å². The van der Waals surface area contributed by atoms with Crippen molar-refractivity contribution >= 4 is 23.2 Å². The molecule has 0 fully saturated rings. The van der Waals surface area contributed by atoms with E-state index < -0.39 is 0 Å². The van der Waals surface area contributed by atoms with Crippen molar-refractivity contribution in [3.8, 4) is 22.8 Å². The molecule has 0 spiro atoms. The van der Waals surface area contributed by atoms with Gasteiger partial charge in [-0.25, -0.2) is 0 Å². The molecule has 1 aromatic heterocycles. The van der Waals surface area contributed by atoms with Gasteiger partial charge in [0.2, 0.25) is 6.79 Å². The predicted molar refractivity (Wildman–Crippen MR) is 96.7 cm³/mol.